The van der Waals surface area contributed by atoms with E-state index in [0.717, 1.165) is 29.5 Å². The van der Waals surface area contributed by atoms with E-state index in [1.165, 1.54) is 25.7 Å². The lowest BCUT2D eigenvalue weighted by atomic mass is 10.0. The van der Waals surface area contributed by atoms with Crippen LogP contribution in [0.2, 0.25) is 0 Å². The third kappa shape index (κ3) is 7.60. The molecule has 3 aromatic rings. The van der Waals surface area contributed by atoms with Crippen molar-refractivity contribution in [3.8, 4) is 16.9 Å². The van der Waals surface area contributed by atoms with Crippen molar-refractivity contribution in [1.82, 2.24) is 0 Å². The van der Waals surface area contributed by atoms with Crippen molar-refractivity contribution < 1.29 is 19.1 Å². The van der Waals surface area contributed by atoms with Gasteiger partial charge in [0.25, 0.3) is 0 Å². The van der Waals surface area contributed by atoms with Gasteiger partial charge >= 0.3 is 11.9 Å². The average molecular weight is 445 g/mol. The van der Waals surface area contributed by atoms with Gasteiger partial charge in [-0.25, -0.2) is 9.59 Å². The Morgan fingerprint density at radius 1 is 0.636 bits per heavy atom. The summed E-state index contributed by atoms with van der Waals surface area (Å²) < 4.78 is 10.8. The fourth-order valence-electron chi connectivity index (χ4n) is 3.50. The molecule has 4 nitrogen and oxygen atoms in total. The van der Waals surface area contributed by atoms with Gasteiger partial charge in [0.05, 0.1) is 17.7 Å². The first kappa shape index (κ1) is 24.2. The van der Waals surface area contributed by atoms with Crippen molar-refractivity contribution >= 4 is 11.9 Å². The van der Waals surface area contributed by atoms with Gasteiger partial charge in [-0.2, -0.15) is 0 Å². The van der Waals surface area contributed by atoms with Crippen LogP contribution in [0.5, 0.6) is 5.75 Å². The molecule has 0 heterocycles. The van der Waals surface area contributed by atoms with Crippen molar-refractivity contribution in [2.24, 2.45) is 0 Å². The number of unbranched alkanes of at least 4 members (excludes halogenated alkanes) is 5. The van der Waals surface area contributed by atoms with Crippen molar-refractivity contribution in [2.45, 2.75) is 52.4 Å². The maximum absolute atomic E-state index is 12.3. The van der Waals surface area contributed by atoms with Gasteiger partial charge in [-0.15, -0.1) is 0 Å². The second-order valence-corrected chi connectivity index (χ2v) is 8.26. The number of ether oxygens (including phenoxy) is 2. The summed E-state index contributed by atoms with van der Waals surface area (Å²) >= 11 is 0. The molecule has 0 amide bonds. The molecule has 0 aromatic heterocycles. The number of hydrogen-bond acceptors (Lipinski definition) is 4. The van der Waals surface area contributed by atoms with Gasteiger partial charge in [-0.05, 0) is 60.9 Å². The maximum Gasteiger partial charge on any atom is 0.343 e. The highest BCUT2D eigenvalue weighted by atomic mass is 16.5. The first-order valence-electron chi connectivity index (χ1n) is 11.7. The lowest BCUT2D eigenvalue weighted by molar-refractivity contribution is 0.0497. The predicted octanol–water partition coefficient (Wildman–Crippen LogP) is 7.40. The molecule has 172 valence electrons. The Bertz CT molecular complexity index is 1020. The quantitative estimate of drug-likeness (QED) is 0.176. The molecule has 3 rings (SSSR count). The van der Waals surface area contributed by atoms with E-state index in [1.807, 2.05) is 43.3 Å². The molecule has 4 heteroatoms. The number of carbonyl (C=O) groups is 2. The van der Waals surface area contributed by atoms with E-state index in [1.54, 1.807) is 36.4 Å². The summed E-state index contributed by atoms with van der Waals surface area (Å²) in [5.41, 5.74) is 4.10. The van der Waals surface area contributed by atoms with E-state index >= 15 is 0 Å². The van der Waals surface area contributed by atoms with Crippen LogP contribution in [0.25, 0.3) is 11.1 Å². The van der Waals surface area contributed by atoms with Crippen molar-refractivity contribution in [2.75, 3.05) is 6.61 Å². The highest BCUT2D eigenvalue weighted by Crippen LogP contribution is 2.24. The van der Waals surface area contributed by atoms with Gasteiger partial charge in [0, 0.05) is 0 Å². The minimum absolute atomic E-state index is 0.284. The first-order chi connectivity index (χ1) is 16.1. The van der Waals surface area contributed by atoms with Crippen LogP contribution in [0.15, 0.2) is 72.8 Å². The van der Waals surface area contributed by atoms with E-state index in [2.05, 4.69) is 6.92 Å². The minimum Gasteiger partial charge on any atom is -0.462 e. The van der Waals surface area contributed by atoms with Gasteiger partial charge in [-0.1, -0.05) is 81.0 Å². The number of carbonyl (C=O) groups excluding carboxylic acids is 2. The highest BCUT2D eigenvalue weighted by Gasteiger charge is 2.10. The number of rotatable bonds is 11. The summed E-state index contributed by atoms with van der Waals surface area (Å²) in [6, 6.07) is 22.0. The third-order valence-electron chi connectivity index (χ3n) is 5.54. The molecule has 33 heavy (non-hydrogen) atoms. The fourth-order valence-corrected chi connectivity index (χ4v) is 3.50. The molecular formula is C29H32O4. The Kier molecular flexibility index (Phi) is 9.25. The normalized spacial score (nSPS) is 10.6. The van der Waals surface area contributed by atoms with Crippen LogP contribution >= 0.6 is 0 Å². The topological polar surface area (TPSA) is 52.6 Å². The van der Waals surface area contributed by atoms with E-state index in [9.17, 15) is 9.59 Å². The lowest BCUT2D eigenvalue weighted by Gasteiger charge is -2.08. The summed E-state index contributed by atoms with van der Waals surface area (Å²) in [5, 5.41) is 0. The molecule has 0 fully saturated rings. The molecule has 0 saturated carbocycles. The zero-order valence-corrected chi connectivity index (χ0v) is 19.5. The average Bonchev–Trinajstić information content (AvgIpc) is 2.84. The van der Waals surface area contributed by atoms with Crippen LogP contribution in [0.3, 0.4) is 0 Å². The fraction of sp³-hybridized carbons (Fsp3) is 0.310. The SMILES string of the molecule is CCCCCCCCOC(=O)c1ccc(-c2ccc(OC(=O)c3ccc(C)cc3)cc2)cc1. The smallest absolute Gasteiger partial charge is 0.343 e. The minimum atomic E-state index is -0.383. The third-order valence-corrected chi connectivity index (χ3v) is 5.54. The Balaban J connectivity index is 1.49. The lowest BCUT2D eigenvalue weighted by Crippen LogP contribution is -2.08. The largest absolute Gasteiger partial charge is 0.462 e. The highest BCUT2D eigenvalue weighted by molar-refractivity contribution is 5.91. The van der Waals surface area contributed by atoms with E-state index in [0.29, 0.717) is 23.5 Å². The molecule has 0 radical (unpaired) electrons. The van der Waals surface area contributed by atoms with Gasteiger partial charge in [-0.3, -0.25) is 0 Å². The molecule has 0 atom stereocenters. The van der Waals surface area contributed by atoms with Gasteiger partial charge in [0.15, 0.2) is 0 Å². The van der Waals surface area contributed by atoms with Crippen molar-refractivity contribution in [3.05, 3.63) is 89.5 Å². The molecule has 3 aromatic carbocycles. The molecule has 0 aliphatic rings. The summed E-state index contributed by atoms with van der Waals surface area (Å²) in [4.78, 5) is 24.5. The number of aryl methyl sites for hydroxylation is 1. The standard InChI is InChI=1S/C29H32O4/c1-3-4-5-6-7-8-21-32-28(30)25-15-13-23(14-16-25)24-17-19-27(20-18-24)33-29(31)26-11-9-22(2)10-12-26/h9-20H,3-8,21H2,1-2H3. The van der Waals surface area contributed by atoms with E-state index in [4.69, 9.17) is 9.47 Å². The van der Waals surface area contributed by atoms with Crippen LogP contribution in [-0.4, -0.2) is 18.5 Å². The Morgan fingerprint density at radius 3 is 1.79 bits per heavy atom. The van der Waals surface area contributed by atoms with Gasteiger partial charge in [0.2, 0.25) is 0 Å². The molecule has 0 N–H and O–H groups in total. The summed E-state index contributed by atoms with van der Waals surface area (Å²) in [5.74, 6) is -0.181. The van der Waals surface area contributed by atoms with E-state index in [-0.39, 0.29) is 11.9 Å². The summed E-state index contributed by atoms with van der Waals surface area (Å²) in [6.07, 6.45) is 6.97. The first-order valence-corrected chi connectivity index (χ1v) is 11.7. The number of hydrogen-bond donors (Lipinski definition) is 0. The molecular weight excluding hydrogens is 412 g/mol. The van der Waals surface area contributed by atoms with Gasteiger partial charge in [0.1, 0.15) is 5.75 Å². The summed E-state index contributed by atoms with van der Waals surface area (Å²) in [7, 11) is 0. The Labute approximate surface area is 196 Å². The summed E-state index contributed by atoms with van der Waals surface area (Å²) in [6.45, 7) is 4.64. The molecule has 0 saturated heterocycles. The number of benzene rings is 3. The molecule has 0 bridgehead atoms. The Morgan fingerprint density at radius 2 is 1.15 bits per heavy atom. The molecule has 0 spiro atoms. The molecule has 0 aliphatic carbocycles. The predicted molar refractivity (Wildman–Crippen MR) is 132 cm³/mol. The maximum atomic E-state index is 12.3. The zero-order valence-electron chi connectivity index (χ0n) is 19.5. The van der Waals surface area contributed by atoms with Gasteiger partial charge < -0.3 is 9.47 Å². The Hall–Kier alpha value is -3.40. The molecule has 0 unspecified atom stereocenters. The second-order valence-electron chi connectivity index (χ2n) is 8.26. The zero-order chi connectivity index (χ0) is 23.5. The van der Waals surface area contributed by atoms with E-state index < -0.39 is 0 Å². The second kappa shape index (κ2) is 12.6. The van der Waals surface area contributed by atoms with Crippen molar-refractivity contribution in [3.63, 3.8) is 0 Å². The van der Waals surface area contributed by atoms with Crippen LogP contribution in [0, 0.1) is 6.92 Å². The van der Waals surface area contributed by atoms with Crippen molar-refractivity contribution in [1.29, 1.82) is 0 Å². The van der Waals surface area contributed by atoms with Crippen LogP contribution < -0.4 is 4.74 Å². The van der Waals surface area contributed by atoms with Crippen LogP contribution in [0.1, 0.15) is 71.7 Å². The molecule has 0 aliphatic heterocycles. The van der Waals surface area contributed by atoms with Crippen LogP contribution in [-0.2, 0) is 4.74 Å². The monoisotopic (exact) mass is 444 g/mol. The number of esters is 2. The van der Waals surface area contributed by atoms with Crippen LogP contribution in [0.4, 0.5) is 0 Å².